The maximum absolute atomic E-state index is 13.2. The van der Waals surface area contributed by atoms with Crippen LogP contribution in [0.5, 0.6) is 0 Å². The monoisotopic (exact) mass is 283 g/mol. The predicted molar refractivity (Wildman–Crippen MR) is 72.6 cm³/mol. The lowest BCUT2D eigenvalue weighted by molar-refractivity contribution is -0.118. The lowest BCUT2D eigenvalue weighted by Gasteiger charge is -2.15. The van der Waals surface area contributed by atoms with Crippen LogP contribution in [0.15, 0.2) is 18.2 Å². The summed E-state index contributed by atoms with van der Waals surface area (Å²) in [6, 6.07) is 4.28. The third kappa shape index (κ3) is 2.87. The Kier molecular flexibility index (Phi) is 4.04. The van der Waals surface area contributed by atoms with Crippen LogP contribution in [0.25, 0.3) is 11.0 Å². The van der Waals surface area contributed by atoms with Gasteiger partial charge in [0.2, 0.25) is 5.91 Å². The largest absolute Gasteiger partial charge is 0.370 e. The second-order valence-electron chi connectivity index (χ2n) is 4.49. The highest BCUT2D eigenvalue weighted by Crippen LogP contribution is 2.24. The molecule has 0 bridgehead atoms. The normalized spacial score (nSPS) is 12.8. The van der Waals surface area contributed by atoms with Crippen LogP contribution in [0.4, 0.5) is 4.39 Å². The number of fused-ring (bicyclic) bond motifs is 1. The number of amides is 1. The van der Waals surface area contributed by atoms with Gasteiger partial charge in [-0.05, 0) is 19.1 Å². The van der Waals surface area contributed by atoms with E-state index in [4.69, 9.17) is 17.3 Å². The lowest BCUT2D eigenvalue weighted by atomic mass is 10.2. The fourth-order valence-corrected chi connectivity index (χ4v) is 2.43. The van der Waals surface area contributed by atoms with E-state index >= 15 is 0 Å². The third-order valence-electron chi connectivity index (χ3n) is 2.98. The minimum Gasteiger partial charge on any atom is -0.370 e. The Balaban J connectivity index is 2.54. The Labute approximate surface area is 115 Å². The van der Waals surface area contributed by atoms with Crippen molar-refractivity contribution in [2.75, 3.05) is 5.88 Å². The van der Waals surface area contributed by atoms with Crippen LogP contribution in [0.2, 0.25) is 0 Å². The molecule has 0 radical (unpaired) electrons. The second kappa shape index (κ2) is 5.57. The Hall–Kier alpha value is -1.62. The summed E-state index contributed by atoms with van der Waals surface area (Å²) < 4.78 is 15.1. The van der Waals surface area contributed by atoms with Gasteiger partial charge in [-0.1, -0.05) is 0 Å². The summed E-state index contributed by atoms with van der Waals surface area (Å²) in [6.07, 6.45) is 0.763. The minimum absolute atomic E-state index is 0.133. The minimum atomic E-state index is -0.381. The fourth-order valence-electron chi connectivity index (χ4n) is 2.26. The molecule has 1 atom stereocenters. The summed E-state index contributed by atoms with van der Waals surface area (Å²) in [7, 11) is 0. The molecule has 19 heavy (non-hydrogen) atoms. The zero-order valence-electron chi connectivity index (χ0n) is 10.6. The Bertz CT molecular complexity index is 611. The maximum Gasteiger partial charge on any atom is 0.219 e. The van der Waals surface area contributed by atoms with Gasteiger partial charge in [0.25, 0.3) is 0 Å². The Morgan fingerprint density at radius 3 is 2.95 bits per heavy atom. The number of hydrogen-bond acceptors (Lipinski definition) is 2. The molecule has 0 saturated carbocycles. The van der Waals surface area contributed by atoms with Crippen molar-refractivity contribution in [3.05, 3.63) is 29.8 Å². The van der Waals surface area contributed by atoms with Gasteiger partial charge in [0.05, 0.1) is 11.0 Å². The molecule has 1 aromatic heterocycles. The molecule has 2 N–H and O–H groups in total. The number of halogens is 2. The summed E-state index contributed by atoms with van der Waals surface area (Å²) in [5.41, 5.74) is 6.59. The number of benzene rings is 1. The molecule has 1 unspecified atom stereocenters. The smallest absolute Gasteiger partial charge is 0.219 e. The molecule has 0 aliphatic carbocycles. The van der Waals surface area contributed by atoms with Crippen LogP contribution in [0.3, 0.4) is 0 Å². The van der Waals surface area contributed by atoms with Crippen molar-refractivity contribution < 1.29 is 9.18 Å². The highest BCUT2D eigenvalue weighted by Gasteiger charge is 2.17. The standard InChI is InChI=1S/C13H15ClFN3O/c1-8(6-12(16)19)18-11-3-2-9(15)7-10(11)17-13(18)4-5-14/h2-3,7-8H,4-6H2,1H3,(H2,16,19). The lowest BCUT2D eigenvalue weighted by Crippen LogP contribution is -2.19. The van der Waals surface area contributed by atoms with Crippen molar-refractivity contribution in [3.8, 4) is 0 Å². The van der Waals surface area contributed by atoms with Crippen LogP contribution in [0, 0.1) is 5.82 Å². The van der Waals surface area contributed by atoms with Crippen LogP contribution in [0.1, 0.15) is 25.2 Å². The molecule has 0 aliphatic rings. The van der Waals surface area contributed by atoms with E-state index in [0.717, 1.165) is 11.3 Å². The third-order valence-corrected chi connectivity index (χ3v) is 3.17. The molecule has 1 aromatic carbocycles. The molecule has 1 amide bonds. The SMILES string of the molecule is CC(CC(N)=O)n1c(CCCl)nc2cc(F)ccc21. The van der Waals surface area contributed by atoms with Crippen LogP contribution >= 0.6 is 11.6 Å². The summed E-state index contributed by atoms with van der Waals surface area (Å²) in [5.74, 6) is 0.435. The van der Waals surface area contributed by atoms with Crippen molar-refractivity contribution in [2.45, 2.75) is 25.8 Å². The zero-order chi connectivity index (χ0) is 14.0. The molecular weight excluding hydrogens is 269 g/mol. The summed E-state index contributed by atoms with van der Waals surface area (Å²) in [5, 5.41) is 0. The van der Waals surface area contributed by atoms with E-state index in [2.05, 4.69) is 4.98 Å². The van der Waals surface area contributed by atoms with Crippen molar-refractivity contribution in [1.29, 1.82) is 0 Å². The van der Waals surface area contributed by atoms with Gasteiger partial charge in [0.15, 0.2) is 0 Å². The first-order valence-electron chi connectivity index (χ1n) is 6.03. The van der Waals surface area contributed by atoms with Gasteiger partial charge in [-0.15, -0.1) is 11.6 Å². The van der Waals surface area contributed by atoms with E-state index in [-0.39, 0.29) is 24.2 Å². The van der Waals surface area contributed by atoms with Gasteiger partial charge in [-0.25, -0.2) is 9.37 Å². The first-order chi connectivity index (χ1) is 9.02. The zero-order valence-corrected chi connectivity index (χ0v) is 11.3. The highest BCUT2D eigenvalue weighted by atomic mass is 35.5. The number of carbonyl (C=O) groups is 1. The number of aromatic nitrogens is 2. The van der Waals surface area contributed by atoms with Crippen LogP contribution in [-0.4, -0.2) is 21.3 Å². The molecule has 2 aromatic rings. The molecule has 0 fully saturated rings. The van der Waals surface area contributed by atoms with E-state index in [1.165, 1.54) is 12.1 Å². The van der Waals surface area contributed by atoms with Crippen molar-refractivity contribution in [2.24, 2.45) is 5.73 Å². The van der Waals surface area contributed by atoms with Gasteiger partial charge in [0.1, 0.15) is 11.6 Å². The molecular formula is C13H15ClFN3O. The molecule has 0 saturated heterocycles. The number of nitrogens with zero attached hydrogens (tertiary/aromatic N) is 2. The number of hydrogen-bond donors (Lipinski definition) is 1. The number of carbonyl (C=O) groups excluding carboxylic acids is 1. The van der Waals surface area contributed by atoms with Gasteiger partial charge in [0, 0.05) is 30.8 Å². The van der Waals surface area contributed by atoms with Gasteiger partial charge in [-0.2, -0.15) is 0 Å². The topological polar surface area (TPSA) is 60.9 Å². The van der Waals surface area contributed by atoms with E-state index < -0.39 is 0 Å². The molecule has 1 heterocycles. The summed E-state index contributed by atoms with van der Waals surface area (Å²) in [6.45, 7) is 1.88. The van der Waals surface area contributed by atoms with Crippen molar-refractivity contribution in [1.82, 2.24) is 9.55 Å². The van der Waals surface area contributed by atoms with Gasteiger partial charge >= 0.3 is 0 Å². The number of imidazole rings is 1. The molecule has 6 heteroatoms. The van der Waals surface area contributed by atoms with E-state index in [0.29, 0.717) is 17.8 Å². The van der Waals surface area contributed by atoms with E-state index in [1.807, 2.05) is 11.5 Å². The summed E-state index contributed by atoms with van der Waals surface area (Å²) in [4.78, 5) is 15.4. The quantitative estimate of drug-likeness (QED) is 0.857. The Morgan fingerprint density at radius 2 is 2.32 bits per heavy atom. The highest BCUT2D eigenvalue weighted by molar-refractivity contribution is 6.17. The average Bonchev–Trinajstić information content (AvgIpc) is 2.65. The van der Waals surface area contributed by atoms with Gasteiger partial charge in [-0.3, -0.25) is 4.79 Å². The van der Waals surface area contributed by atoms with E-state index in [1.54, 1.807) is 6.07 Å². The molecule has 4 nitrogen and oxygen atoms in total. The number of primary amides is 1. The van der Waals surface area contributed by atoms with Crippen molar-refractivity contribution >= 4 is 28.5 Å². The second-order valence-corrected chi connectivity index (χ2v) is 4.87. The number of nitrogens with two attached hydrogens (primary N) is 1. The number of alkyl halides is 1. The van der Waals surface area contributed by atoms with Crippen LogP contribution in [-0.2, 0) is 11.2 Å². The number of aryl methyl sites for hydroxylation is 1. The molecule has 102 valence electrons. The predicted octanol–water partition coefficient (Wildman–Crippen LogP) is 2.39. The fraction of sp³-hybridized carbons (Fsp3) is 0.385. The molecule has 0 aliphatic heterocycles. The molecule has 2 rings (SSSR count). The first-order valence-corrected chi connectivity index (χ1v) is 6.57. The first kappa shape index (κ1) is 13.8. The molecule has 0 spiro atoms. The Morgan fingerprint density at radius 1 is 1.58 bits per heavy atom. The van der Waals surface area contributed by atoms with Crippen molar-refractivity contribution in [3.63, 3.8) is 0 Å². The van der Waals surface area contributed by atoms with Crippen LogP contribution < -0.4 is 5.73 Å². The number of rotatable bonds is 5. The summed E-state index contributed by atoms with van der Waals surface area (Å²) >= 11 is 5.76. The average molecular weight is 284 g/mol. The van der Waals surface area contributed by atoms with Gasteiger partial charge < -0.3 is 10.3 Å². The maximum atomic E-state index is 13.2. The van der Waals surface area contributed by atoms with E-state index in [9.17, 15) is 9.18 Å².